The van der Waals surface area contributed by atoms with Crippen LogP contribution in [0.2, 0.25) is 0 Å². The van der Waals surface area contributed by atoms with Gasteiger partial charge in [-0.3, -0.25) is 0 Å². The minimum absolute atomic E-state index is 0.841. The Hall–Kier alpha value is -0.830. The molecule has 0 aromatic carbocycles. The SMILES string of the molecule is Cc1nc2c(n1CCCNC1CC1)CCCC2. The fraction of sp³-hybridized carbons (Fsp3) is 0.786. The Morgan fingerprint density at radius 1 is 1.29 bits per heavy atom. The summed E-state index contributed by atoms with van der Waals surface area (Å²) in [5.74, 6) is 1.23. The van der Waals surface area contributed by atoms with Gasteiger partial charge in [0.05, 0.1) is 5.69 Å². The van der Waals surface area contributed by atoms with Gasteiger partial charge in [-0.15, -0.1) is 0 Å². The van der Waals surface area contributed by atoms with Crippen LogP contribution >= 0.6 is 0 Å². The zero-order chi connectivity index (χ0) is 11.7. The Morgan fingerprint density at radius 2 is 2.12 bits per heavy atom. The van der Waals surface area contributed by atoms with E-state index in [1.165, 1.54) is 62.2 Å². The normalized spacial score (nSPS) is 19.4. The first-order valence-electron chi connectivity index (χ1n) is 7.13. The van der Waals surface area contributed by atoms with Crippen molar-refractivity contribution >= 4 is 0 Å². The van der Waals surface area contributed by atoms with E-state index in [-0.39, 0.29) is 0 Å². The third-order valence-electron chi connectivity index (χ3n) is 3.99. The number of fused-ring (bicyclic) bond motifs is 1. The van der Waals surface area contributed by atoms with Crippen LogP contribution in [0.3, 0.4) is 0 Å². The van der Waals surface area contributed by atoms with Crippen LogP contribution in [-0.2, 0) is 19.4 Å². The van der Waals surface area contributed by atoms with Gasteiger partial charge >= 0.3 is 0 Å². The van der Waals surface area contributed by atoms with Gasteiger partial charge in [0, 0.05) is 18.3 Å². The summed E-state index contributed by atoms with van der Waals surface area (Å²) in [7, 11) is 0. The molecule has 1 aromatic heterocycles. The molecular formula is C14H23N3. The summed E-state index contributed by atoms with van der Waals surface area (Å²) in [6.45, 7) is 4.47. The Morgan fingerprint density at radius 3 is 2.94 bits per heavy atom. The van der Waals surface area contributed by atoms with Crippen LogP contribution in [0.15, 0.2) is 0 Å². The number of hydrogen-bond acceptors (Lipinski definition) is 2. The molecule has 1 fully saturated rings. The van der Waals surface area contributed by atoms with E-state index in [0.717, 1.165) is 19.1 Å². The highest BCUT2D eigenvalue weighted by atomic mass is 15.1. The molecule has 0 atom stereocenters. The number of nitrogens with zero attached hydrogens (tertiary/aromatic N) is 2. The first kappa shape index (κ1) is 11.3. The van der Waals surface area contributed by atoms with E-state index in [0.29, 0.717) is 0 Å². The molecule has 0 amide bonds. The summed E-state index contributed by atoms with van der Waals surface area (Å²) in [5.41, 5.74) is 2.91. The van der Waals surface area contributed by atoms with E-state index in [4.69, 9.17) is 4.98 Å². The molecule has 1 heterocycles. The average Bonchev–Trinajstić information content (AvgIpc) is 3.09. The van der Waals surface area contributed by atoms with Crippen LogP contribution in [0.5, 0.6) is 0 Å². The number of imidazole rings is 1. The van der Waals surface area contributed by atoms with Crippen molar-refractivity contribution in [1.29, 1.82) is 0 Å². The van der Waals surface area contributed by atoms with Crippen LogP contribution in [0.1, 0.15) is 49.3 Å². The van der Waals surface area contributed by atoms with Gasteiger partial charge < -0.3 is 9.88 Å². The van der Waals surface area contributed by atoms with Crippen molar-refractivity contribution in [2.75, 3.05) is 6.54 Å². The van der Waals surface area contributed by atoms with E-state index in [1.54, 1.807) is 0 Å². The Bertz CT molecular complexity index is 390. The van der Waals surface area contributed by atoms with Gasteiger partial charge in [0.25, 0.3) is 0 Å². The zero-order valence-corrected chi connectivity index (χ0v) is 10.8. The molecule has 2 aliphatic carbocycles. The largest absolute Gasteiger partial charge is 0.332 e. The van der Waals surface area contributed by atoms with Gasteiger partial charge in [-0.05, 0) is 58.4 Å². The summed E-state index contributed by atoms with van der Waals surface area (Å²) < 4.78 is 2.46. The number of nitrogens with one attached hydrogen (secondary N) is 1. The summed E-state index contributed by atoms with van der Waals surface area (Å²) in [4.78, 5) is 4.72. The lowest BCUT2D eigenvalue weighted by Crippen LogP contribution is -2.20. The lowest BCUT2D eigenvalue weighted by atomic mass is 10.0. The van der Waals surface area contributed by atoms with Crippen LogP contribution in [0, 0.1) is 6.92 Å². The zero-order valence-electron chi connectivity index (χ0n) is 10.8. The van der Waals surface area contributed by atoms with Crippen molar-refractivity contribution in [3.63, 3.8) is 0 Å². The molecule has 0 saturated heterocycles. The van der Waals surface area contributed by atoms with Crippen molar-refractivity contribution in [3.8, 4) is 0 Å². The summed E-state index contributed by atoms with van der Waals surface area (Å²) in [6, 6.07) is 0.841. The maximum atomic E-state index is 4.72. The Labute approximate surface area is 104 Å². The maximum absolute atomic E-state index is 4.72. The van der Waals surface area contributed by atoms with Crippen molar-refractivity contribution in [2.45, 2.75) is 64.5 Å². The number of aryl methyl sites for hydroxylation is 2. The third kappa shape index (κ3) is 2.54. The van der Waals surface area contributed by atoms with Crippen molar-refractivity contribution in [1.82, 2.24) is 14.9 Å². The van der Waals surface area contributed by atoms with Crippen molar-refractivity contribution < 1.29 is 0 Å². The molecule has 1 saturated carbocycles. The van der Waals surface area contributed by atoms with Crippen molar-refractivity contribution in [3.05, 3.63) is 17.2 Å². The molecule has 94 valence electrons. The summed E-state index contributed by atoms with van der Waals surface area (Å²) in [6.07, 6.45) is 9.13. The second-order valence-electron chi connectivity index (χ2n) is 5.49. The topological polar surface area (TPSA) is 29.9 Å². The average molecular weight is 233 g/mol. The second kappa shape index (κ2) is 4.81. The quantitative estimate of drug-likeness (QED) is 0.790. The highest BCUT2D eigenvalue weighted by Crippen LogP contribution is 2.22. The standard InChI is InChI=1S/C14H23N3/c1-11-16-13-5-2-3-6-14(13)17(11)10-4-9-15-12-7-8-12/h12,15H,2-10H2,1H3. The number of rotatable bonds is 5. The molecule has 0 radical (unpaired) electrons. The van der Waals surface area contributed by atoms with Gasteiger partial charge in [0.1, 0.15) is 5.82 Å². The number of aromatic nitrogens is 2. The molecule has 0 aliphatic heterocycles. The van der Waals surface area contributed by atoms with E-state index in [2.05, 4.69) is 16.8 Å². The number of hydrogen-bond donors (Lipinski definition) is 1. The van der Waals surface area contributed by atoms with E-state index >= 15 is 0 Å². The lowest BCUT2D eigenvalue weighted by molar-refractivity contribution is 0.544. The molecule has 1 aromatic rings. The molecule has 0 unspecified atom stereocenters. The first-order chi connectivity index (χ1) is 8.34. The first-order valence-corrected chi connectivity index (χ1v) is 7.13. The Kier molecular flexibility index (Phi) is 3.19. The highest BCUT2D eigenvalue weighted by molar-refractivity contribution is 5.19. The van der Waals surface area contributed by atoms with E-state index in [9.17, 15) is 0 Å². The van der Waals surface area contributed by atoms with E-state index < -0.39 is 0 Å². The van der Waals surface area contributed by atoms with Gasteiger partial charge in [0.15, 0.2) is 0 Å². The van der Waals surface area contributed by atoms with Crippen LogP contribution < -0.4 is 5.32 Å². The molecular weight excluding hydrogens is 210 g/mol. The van der Waals surface area contributed by atoms with Crippen molar-refractivity contribution in [2.24, 2.45) is 0 Å². The second-order valence-corrected chi connectivity index (χ2v) is 5.49. The van der Waals surface area contributed by atoms with Gasteiger partial charge in [-0.25, -0.2) is 4.98 Å². The molecule has 2 aliphatic rings. The molecule has 3 heteroatoms. The molecule has 3 nitrogen and oxygen atoms in total. The molecule has 0 spiro atoms. The molecule has 1 N–H and O–H groups in total. The molecule has 0 bridgehead atoms. The van der Waals surface area contributed by atoms with Gasteiger partial charge in [-0.1, -0.05) is 0 Å². The Balaban J connectivity index is 1.58. The van der Waals surface area contributed by atoms with Gasteiger partial charge in [0.2, 0.25) is 0 Å². The predicted octanol–water partition coefficient (Wildman–Crippen LogP) is 2.21. The van der Waals surface area contributed by atoms with Crippen LogP contribution in [-0.4, -0.2) is 22.1 Å². The summed E-state index contributed by atoms with van der Waals surface area (Å²) >= 11 is 0. The highest BCUT2D eigenvalue weighted by Gasteiger charge is 2.20. The fourth-order valence-corrected chi connectivity index (χ4v) is 2.86. The minimum atomic E-state index is 0.841. The minimum Gasteiger partial charge on any atom is -0.332 e. The fourth-order valence-electron chi connectivity index (χ4n) is 2.86. The smallest absolute Gasteiger partial charge is 0.106 e. The molecule has 17 heavy (non-hydrogen) atoms. The lowest BCUT2D eigenvalue weighted by Gasteiger charge is -2.14. The summed E-state index contributed by atoms with van der Waals surface area (Å²) in [5, 5.41) is 3.58. The third-order valence-corrected chi connectivity index (χ3v) is 3.99. The monoisotopic (exact) mass is 233 g/mol. The van der Waals surface area contributed by atoms with Gasteiger partial charge in [-0.2, -0.15) is 0 Å². The molecule has 3 rings (SSSR count). The van der Waals surface area contributed by atoms with Crippen LogP contribution in [0.4, 0.5) is 0 Å². The predicted molar refractivity (Wildman–Crippen MR) is 69.2 cm³/mol. The maximum Gasteiger partial charge on any atom is 0.106 e. The van der Waals surface area contributed by atoms with E-state index in [1.807, 2.05) is 0 Å². The van der Waals surface area contributed by atoms with Crippen LogP contribution in [0.25, 0.3) is 0 Å².